The largest absolute Gasteiger partial charge is 0.508 e. The molecule has 1 amide bonds. The summed E-state index contributed by atoms with van der Waals surface area (Å²) in [7, 11) is 0. The molecule has 2 aromatic rings. The number of carbonyl (C=O) groups is 1. The van der Waals surface area contributed by atoms with Crippen LogP contribution in [0.1, 0.15) is 22.7 Å². The van der Waals surface area contributed by atoms with E-state index in [9.17, 15) is 9.90 Å². The van der Waals surface area contributed by atoms with Gasteiger partial charge in [0.05, 0.1) is 22.0 Å². The summed E-state index contributed by atoms with van der Waals surface area (Å²) >= 11 is 12.5. The summed E-state index contributed by atoms with van der Waals surface area (Å²) in [5.41, 5.74) is 7.82. The van der Waals surface area contributed by atoms with Crippen LogP contribution in [-0.2, 0) is 4.79 Å². The number of aromatic hydroxyl groups is 1. The van der Waals surface area contributed by atoms with Gasteiger partial charge in [0.15, 0.2) is 0 Å². The van der Waals surface area contributed by atoms with Crippen LogP contribution in [0.4, 0.5) is 0 Å². The first-order valence-electron chi connectivity index (χ1n) is 7.51. The number of amides is 1. The maximum absolute atomic E-state index is 11.4. The standard InChI is InChI=1S/C17H17Cl2N3O2/c1-9-6-21-5-4-11(9)16(22-7-10(8-22)17(20)24)14-13(23)3-2-12(18)15(14)19/h2-6,10,16,23H,7-8H2,1H3,(H2,20,24). The molecule has 1 saturated heterocycles. The predicted octanol–water partition coefficient (Wildman–Crippen LogP) is 2.91. The number of carbonyl (C=O) groups excluding carboxylic acids is 1. The number of halogens is 2. The van der Waals surface area contributed by atoms with Gasteiger partial charge in [-0.1, -0.05) is 23.2 Å². The van der Waals surface area contributed by atoms with E-state index in [4.69, 9.17) is 28.9 Å². The van der Waals surface area contributed by atoms with Crippen molar-refractivity contribution < 1.29 is 9.90 Å². The molecule has 0 saturated carbocycles. The molecular formula is C17H17Cl2N3O2. The molecule has 3 N–H and O–H groups in total. The zero-order valence-electron chi connectivity index (χ0n) is 13.0. The van der Waals surface area contributed by atoms with Gasteiger partial charge in [-0.15, -0.1) is 0 Å². The van der Waals surface area contributed by atoms with Gasteiger partial charge in [0.1, 0.15) is 5.75 Å². The molecule has 1 aromatic heterocycles. The molecule has 2 heterocycles. The number of nitrogens with two attached hydrogens (primary N) is 1. The fourth-order valence-electron chi connectivity index (χ4n) is 3.05. The molecule has 0 spiro atoms. The monoisotopic (exact) mass is 365 g/mol. The molecule has 7 heteroatoms. The van der Waals surface area contributed by atoms with Crippen LogP contribution in [0, 0.1) is 12.8 Å². The lowest BCUT2D eigenvalue weighted by Crippen LogP contribution is -2.53. The number of pyridine rings is 1. The third-order valence-electron chi connectivity index (χ3n) is 4.42. The lowest BCUT2D eigenvalue weighted by Gasteiger charge is -2.44. The molecule has 5 nitrogen and oxygen atoms in total. The van der Waals surface area contributed by atoms with E-state index >= 15 is 0 Å². The lowest BCUT2D eigenvalue weighted by atomic mass is 9.88. The Bertz CT molecular complexity index is 791. The van der Waals surface area contributed by atoms with Crippen LogP contribution in [0.3, 0.4) is 0 Å². The number of aryl methyl sites for hydroxylation is 1. The Morgan fingerprint density at radius 2 is 2.08 bits per heavy atom. The molecule has 1 aromatic carbocycles. The van der Waals surface area contributed by atoms with E-state index in [0.717, 1.165) is 11.1 Å². The highest BCUT2D eigenvalue weighted by molar-refractivity contribution is 6.42. The van der Waals surface area contributed by atoms with Gasteiger partial charge in [-0.05, 0) is 36.2 Å². The molecule has 0 bridgehead atoms. The molecule has 24 heavy (non-hydrogen) atoms. The Morgan fingerprint density at radius 3 is 2.71 bits per heavy atom. The fraction of sp³-hybridized carbons (Fsp3) is 0.294. The Kier molecular flexibility index (Phi) is 4.67. The van der Waals surface area contributed by atoms with Crippen molar-refractivity contribution in [1.29, 1.82) is 0 Å². The van der Waals surface area contributed by atoms with E-state index in [1.54, 1.807) is 18.5 Å². The third kappa shape index (κ3) is 2.95. The maximum atomic E-state index is 11.4. The average molecular weight is 366 g/mol. The quantitative estimate of drug-likeness (QED) is 0.872. The van der Waals surface area contributed by atoms with Crippen LogP contribution in [0.25, 0.3) is 0 Å². The number of likely N-dealkylation sites (tertiary alicyclic amines) is 1. The Labute approximate surface area is 150 Å². The predicted molar refractivity (Wildman–Crippen MR) is 93.2 cm³/mol. The van der Waals surface area contributed by atoms with Gasteiger partial charge in [0, 0.05) is 31.0 Å². The first-order chi connectivity index (χ1) is 11.4. The van der Waals surface area contributed by atoms with Crippen LogP contribution >= 0.6 is 23.2 Å². The minimum Gasteiger partial charge on any atom is -0.508 e. The maximum Gasteiger partial charge on any atom is 0.223 e. The van der Waals surface area contributed by atoms with Crippen molar-refractivity contribution >= 4 is 29.1 Å². The van der Waals surface area contributed by atoms with Crippen molar-refractivity contribution in [2.45, 2.75) is 13.0 Å². The van der Waals surface area contributed by atoms with E-state index in [-0.39, 0.29) is 23.6 Å². The molecule has 0 aliphatic carbocycles. The highest BCUT2D eigenvalue weighted by Crippen LogP contribution is 2.44. The first-order valence-corrected chi connectivity index (χ1v) is 8.26. The molecule has 1 aliphatic heterocycles. The average Bonchev–Trinajstić information content (AvgIpc) is 2.49. The second-order valence-electron chi connectivity index (χ2n) is 5.98. The number of rotatable bonds is 4. The van der Waals surface area contributed by atoms with E-state index in [2.05, 4.69) is 9.88 Å². The van der Waals surface area contributed by atoms with E-state index in [1.807, 2.05) is 13.0 Å². The van der Waals surface area contributed by atoms with Crippen LogP contribution in [0.15, 0.2) is 30.6 Å². The lowest BCUT2D eigenvalue weighted by molar-refractivity contribution is -0.127. The smallest absolute Gasteiger partial charge is 0.223 e. The number of benzene rings is 1. The molecule has 1 unspecified atom stereocenters. The molecular weight excluding hydrogens is 349 g/mol. The number of hydrogen-bond acceptors (Lipinski definition) is 4. The molecule has 1 aliphatic rings. The van der Waals surface area contributed by atoms with Gasteiger partial charge in [0.2, 0.25) is 5.91 Å². The van der Waals surface area contributed by atoms with Gasteiger partial charge in [-0.2, -0.15) is 0 Å². The Balaban J connectivity index is 2.09. The van der Waals surface area contributed by atoms with Gasteiger partial charge >= 0.3 is 0 Å². The summed E-state index contributed by atoms with van der Waals surface area (Å²) in [6.07, 6.45) is 3.44. The highest BCUT2D eigenvalue weighted by Gasteiger charge is 2.39. The number of aromatic nitrogens is 1. The zero-order valence-corrected chi connectivity index (χ0v) is 14.6. The first kappa shape index (κ1) is 17.0. The number of nitrogens with zero attached hydrogens (tertiary/aromatic N) is 2. The Morgan fingerprint density at radius 1 is 1.38 bits per heavy atom. The third-order valence-corrected chi connectivity index (χ3v) is 5.24. The number of phenolic OH excluding ortho intramolecular Hbond substituents is 1. The summed E-state index contributed by atoms with van der Waals surface area (Å²) in [4.78, 5) is 17.5. The number of phenols is 1. The van der Waals surface area contributed by atoms with E-state index < -0.39 is 0 Å². The van der Waals surface area contributed by atoms with Gasteiger partial charge in [-0.25, -0.2) is 0 Å². The minimum absolute atomic E-state index is 0.0631. The van der Waals surface area contributed by atoms with Crippen LogP contribution in [-0.4, -0.2) is 34.0 Å². The second-order valence-corrected chi connectivity index (χ2v) is 6.77. The summed E-state index contributed by atoms with van der Waals surface area (Å²) < 4.78 is 0. The SMILES string of the molecule is Cc1cnccc1C(c1c(O)ccc(Cl)c1Cl)N1CC(C(N)=O)C1. The van der Waals surface area contributed by atoms with Crippen molar-refractivity contribution in [2.24, 2.45) is 11.7 Å². The summed E-state index contributed by atoms with van der Waals surface area (Å²) in [5.74, 6) is -0.458. The normalized spacial score (nSPS) is 16.6. The Hall–Kier alpha value is -1.82. The van der Waals surface area contributed by atoms with E-state index in [0.29, 0.717) is 28.7 Å². The minimum atomic E-state index is -0.324. The van der Waals surface area contributed by atoms with Crippen molar-refractivity contribution in [3.63, 3.8) is 0 Å². The molecule has 1 fully saturated rings. The summed E-state index contributed by atoms with van der Waals surface area (Å²) in [6.45, 7) is 2.95. The highest BCUT2D eigenvalue weighted by atomic mass is 35.5. The van der Waals surface area contributed by atoms with Crippen molar-refractivity contribution in [2.75, 3.05) is 13.1 Å². The molecule has 3 rings (SSSR count). The fourth-order valence-corrected chi connectivity index (χ4v) is 3.47. The van der Waals surface area contributed by atoms with Gasteiger partial charge in [-0.3, -0.25) is 14.7 Å². The van der Waals surface area contributed by atoms with Crippen LogP contribution in [0.5, 0.6) is 5.75 Å². The van der Waals surface area contributed by atoms with Crippen LogP contribution < -0.4 is 5.73 Å². The van der Waals surface area contributed by atoms with Crippen molar-refractivity contribution in [3.05, 3.63) is 57.3 Å². The molecule has 1 atom stereocenters. The van der Waals surface area contributed by atoms with Gasteiger partial charge < -0.3 is 10.8 Å². The molecule has 0 radical (unpaired) electrons. The molecule has 126 valence electrons. The second kappa shape index (κ2) is 6.59. The summed E-state index contributed by atoms with van der Waals surface area (Å²) in [6, 6.07) is 4.64. The summed E-state index contributed by atoms with van der Waals surface area (Å²) in [5, 5.41) is 11.1. The van der Waals surface area contributed by atoms with Crippen LogP contribution in [0.2, 0.25) is 10.0 Å². The zero-order chi connectivity index (χ0) is 17.4. The van der Waals surface area contributed by atoms with Crippen molar-refractivity contribution in [1.82, 2.24) is 9.88 Å². The van der Waals surface area contributed by atoms with Gasteiger partial charge in [0.25, 0.3) is 0 Å². The van der Waals surface area contributed by atoms with E-state index in [1.165, 1.54) is 6.07 Å². The number of primary amides is 1. The number of hydrogen-bond donors (Lipinski definition) is 2. The van der Waals surface area contributed by atoms with Crippen molar-refractivity contribution in [3.8, 4) is 5.75 Å². The topological polar surface area (TPSA) is 79.5 Å².